The van der Waals surface area contributed by atoms with Crippen LogP contribution in [0.15, 0.2) is 66.5 Å². The Balaban J connectivity index is 1.90. The van der Waals surface area contributed by atoms with E-state index in [9.17, 15) is 0 Å². The van der Waals surface area contributed by atoms with Crippen molar-refractivity contribution in [1.29, 1.82) is 0 Å². The number of para-hydroxylation sites is 1. The SMILES string of the molecule is CC(C)c1cccc(C(C)C)c1C1=CC=CC2=CN(c3c(C(C)C)cccc3C(C)C)[CH]([Au][Cl])N21. The van der Waals surface area contributed by atoms with Gasteiger partial charge in [-0.05, 0) is 0 Å². The summed E-state index contributed by atoms with van der Waals surface area (Å²) in [6.45, 7) is 18.4. The van der Waals surface area contributed by atoms with E-state index in [2.05, 4.69) is 126 Å². The van der Waals surface area contributed by atoms with E-state index in [1.54, 1.807) is 0 Å². The fraction of sp³-hybridized carbons (Fsp3) is 0.419. The Morgan fingerprint density at radius 2 is 1.23 bits per heavy atom. The molecular formula is C31H39AuClN2. The van der Waals surface area contributed by atoms with Crippen LogP contribution in [0.25, 0.3) is 5.70 Å². The number of rotatable bonds is 7. The first-order valence-corrected chi connectivity index (χ1v) is 16.7. The molecule has 0 N–H and O–H groups in total. The first-order valence-electron chi connectivity index (χ1n) is 12.8. The zero-order chi connectivity index (χ0) is 25.4. The van der Waals surface area contributed by atoms with Gasteiger partial charge in [0.25, 0.3) is 0 Å². The summed E-state index contributed by atoms with van der Waals surface area (Å²) < 4.78 is 0.112. The standard InChI is InChI=1S/C31H39N2.Au.ClH/c1-20(2)25-13-10-14-26(21(3)4)30(25)29-17-9-12-24-18-32(19-33(24)29)31-27(22(5)6)15-11-16-28(31)23(7)8;;/h9-23H,1-8H3;;1H/q;+1;/p-1. The fourth-order valence-corrected chi connectivity index (χ4v) is 7.77. The third-order valence-electron chi connectivity index (χ3n) is 7.02. The third kappa shape index (κ3) is 4.83. The number of halogens is 1. The molecule has 0 aliphatic carbocycles. The van der Waals surface area contributed by atoms with Crippen molar-refractivity contribution in [2.45, 2.75) is 83.4 Å². The van der Waals surface area contributed by atoms with Gasteiger partial charge in [-0.15, -0.1) is 0 Å². The van der Waals surface area contributed by atoms with Gasteiger partial charge in [0.15, 0.2) is 0 Å². The summed E-state index contributed by atoms with van der Waals surface area (Å²) in [6.07, 6.45) is 9.09. The predicted octanol–water partition coefficient (Wildman–Crippen LogP) is 9.27. The molecule has 2 heterocycles. The second-order valence-electron chi connectivity index (χ2n) is 10.8. The second kappa shape index (κ2) is 10.7. The summed E-state index contributed by atoms with van der Waals surface area (Å²) in [5.41, 5.74) is 10.8. The molecule has 4 rings (SSSR count). The van der Waals surface area contributed by atoms with Crippen molar-refractivity contribution < 1.29 is 18.7 Å². The van der Waals surface area contributed by atoms with Gasteiger partial charge in [0, 0.05) is 0 Å². The maximum atomic E-state index is 6.92. The van der Waals surface area contributed by atoms with E-state index < -0.39 is 18.7 Å². The monoisotopic (exact) mass is 671 g/mol. The van der Waals surface area contributed by atoms with E-state index >= 15 is 0 Å². The van der Waals surface area contributed by atoms with Crippen LogP contribution in [-0.4, -0.2) is 9.28 Å². The molecule has 35 heavy (non-hydrogen) atoms. The molecular weight excluding hydrogens is 633 g/mol. The van der Waals surface area contributed by atoms with E-state index in [1.807, 2.05) is 0 Å². The Bertz CT molecular complexity index is 1120. The van der Waals surface area contributed by atoms with Gasteiger partial charge in [0.2, 0.25) is 0 Å². The molecule has 0 saturated carbocycles. The molecule has 2 aliphatic rings. The van der Waals surface area contributed by atoms with Crippen molar-refractivity contribution in [2.24, 2.45) is 0 Å². The van der Waals surface area contributed by atoms with Gasteiger partial charge in [0.1, 0.15) is 0 Å². The quantitative estimate of drug-likeness (QED) is 0.271. The molecule has 2 nitrogen and oxygen atoms in total. The van der Waals surface area contributed by atoms with Gasteiger partial charge in [-0.1, -0.05) is 0 Å². The Morgan fingerprint density at radius 3 is 1.69 bits per heavy atom. The Kier molecular flexibility index (Phi) is 8.08. The molecule has 191 valence electrons. The van der Waals surface area contributed by atoms with Gasteiger partial charge in [-0.25, -0.2) is 0 Å². The zero-order valence-electron chi connectivity index (χ0n) is 22.2. The molecule has 0 radical (unpaired) electrons. The van der Waals surface area contributed by atoms with E-state index in [0.29, 0.717) is 23.7 Å². The van der Waals surface area contributed by atoms with Crippen LogP contribution in [0, 0.1) is 0 Å². The second-order valence-corrected chi connectivity index (χ2v) is 13.5. The van der Waals surface area contributed by atoms with Crippen LogP contribution in [0.3, 0.4) is 0 Å². The molecule has 0 fully saturated rings. The molecule has 2 aliphatic heterocycles. The molecule has 0 spiro atoms. The predicted molar refractivity (Wildman–Crippen MR) is 148 cm³/mol. The molecule has 0 amide bonds. The zero-order valence-corrected chi connectivity index (χ0v) is 25.2. The Labute approximate surface area is 225 Å². The molecule has 0 saturated heterocycles. The topological polar surface area (TPSA) is 6.48 Å². The molecule has 2 aromatic carbocycles. The molecule has 1 unspecified atom stereocenters. The summed E-state index contributed by atoms with van der Waals surface area (Å²) >= 11 is -0.512. The van der Waals surface area contributed by atoms with Crippen LogP contribution in [0.1, 0.15) is 107 Å². The van der Waals surface area contributed by atoms with E-state index in [0.717, 1.165) is 0 Å². The van der Waals surface area contributed by atoms with E-state index in [4.69, 9.17) is 9.19 Å². The van der Waals surface area contributed by atoms with Crippen molar-refractivity contribution in [3.63, 3.8) is 0 Å². The summed E-state index contributed by atoms with van der Waals surface area (Å²) in [6, 6.07) is 13.6. The van der Waals surface area contributed by atoms with Crippen LogP contribution in [0.5, 0.6) is 0 Å². The molecule has 4 heteroatoms. The van der Waals surface area contributed by atoms with Gasteiger partial charge >= 0.3 is 227 Å². The van der Waals surface area contributed by atoms with Crippen LogP contribution in [-0.2, 0) is 18.7 Å². The molecule has 2 aromatic rings. The van der Waals surface area contributed by atoms with Crippen LogP contribution < -0.4 is 4.90 Å². The average Bonchev–Trinajstić information content (AvgIpc) is 3.21. The number of nitrogens with zero attached hydrogens (tertiary/aromatic N) is 2. The van der Waals surface area contributed by atoms with E-state index in [-0.39, 0.29) is 4.38 Å². The van der Waals surface area contributed by atoms with Gasteiger partial charge < -0.3 is 0 Å². The number of allylic oxidation sites excluding steroid dienone is 3. The average molecular weight is 672 g/mol. The van der Waals surface area contributed by atoms with Crippen molar-refractivity contribution >= 4 is 20.6 Å². The number of benzene rings is 2. The minimum atomic E-state index is -0.512. The van der Waals surface area contributed by atoms with Crippen molar-refractivity contribution in [3.05, 3.63) is 94.3 Å². The third-order valence-corrected chi connectivity index (χ3v) is 9.57. The van der Waals surface area contributed by atoms with Crippen molar-refractivity contribution in [2.75, 3.05) is 4.90 Å². The first kappa shape index (κ1) is 26.4. The Hall–Kier alpha value is -1.71. The van der Waals surface area contributed by atoms with Crippen LogP contribution in [0.2, 0.25) is 0 Å². The van der Waals surface area contributed by atoms with Crippen LogP contribution >= 0.6 is 9.19 Å². The van der Waals surface area contributed by atoms with E-state index in [1.165, 1.54) is 44.9 Å². The Morgan fingerprint density at radius 1 is 0.743 bits per heavy atom. The van der Waals surface area contributed by atoms with Gasteiger partial charge in [0.05, 0.1) is 0 Å². The fourth-order valence-electron chi connectivity index (χ4n) is 5.26. The number of anilines is 1. The summed E-state index contributed by atoms with van der Waals surface area (Å²) in [7, 11) is 6.92. The minimum absolute atomic E-state index is 0.112. The molecule has 0 aromatic heterocycles. The van der Waals surface area contributed by atoms with Gasteiger partial charge in [-0.3, -0.25) is 0 Å². The molecule has 0 bridgehead atoms. The summed E-state index contributed by atoms with van der Waals surface area (Å²) in [4.78, 5) is 5.01. The van der Waals surface area contributed by atoms with Gasteiger partial charge in [-0.2, -0.15) is 0 Å². The number of hydrogen-bond donors (Lipinski definition) is 0. The normalized spacial score (nSPS) is 17.8. The van der Waals surface area contributed by atoms with Crippen LogP contribution in [0.4, 0.5) is 5.69 Å². The maximum absolute atomic E-state index is 6.92. The number of hydrogen-bond acceptors (Lipinski definition) is 2. The van der Waals surface area contributed by atoms with Crippen molar-refractivity contribution in [3.8, 4) is 0 Å². The summed E-state index contributed by atoms with van der Waals surface area (Å²) in [5.74, 6) is 1.76. The van der Waals surface area contributed by atoms with Crippen molar-refractivity contribution in [1.82, 2.24) is 4.90 Å². The molecule has 1 atom stereocenters. The first-order chi connectivity index (χ1) is 16.7. The number of fused-ring (bicyclic) bond motifs is 1. The summed E-state index contributed by atoms with van der Waals surface area (Å²) in [5, 5.41) is 0.